The summed E-state index contributed by atoms with van der Waals surface area (Å²) in [6.07, 6.45) is 0.588. The maximum atomic E-state index is 10.1. The molecule has 0 saturated carbocycles. The van der Waals surface area contributed by atoms with E-state index in [-0.39, 0.29) is 6.54 Å². The van der Waals surface area contributed by atoms with Crippen molar-refractivity contribution in [2.24, 2.45) is 0 Å². The predicted molar refractivity (Wildman–Crippen MR) is 51.9 cm³/mol. The number of carbonyl (C=O) groups is 1. The van der Waals surface area contributed by atoms with Crippen LogP contribution >= 0.6 is 0 Å². The van der Waals surface area contributed by atoms with Gasteiger partial charge in [0, 0.05) is 17.5 Å². The highest BCUT2D eigenvalue weighted by atomic mass is 16.4. The molecule has 0 bridgehead atoms. The normalized spacial score (nSPS) is 8.64. The van der Waals surface area contributed by atoms with Crippen LogP contribution in [0.2, 0.25) is 0 Å². The molecule has 0 aromatic carbocycles. The van der Waals surface area contributed by atoms with E-state index >= 15 is 0 Å². The van der Waals surface area contributed by atoms with Crippen LogP contribution in [0.15, 0.2) is 18.3 Å². The van der Waals surface area contributed by atoms with Crippen molar-refractivity contribution in [1.82, 2.24) is 10.3 Å². The molecule has 14 heavy (non-hydrogen) atoms. The minimum Gasteiger partial charge on any atom is -0.465 e. The second kappa shape index (κ2) is 4.87. The van der Waals surface area contributed by atoms with Crippen LogP contribution in [-0.2, 0) is 0 Å². The highest BCUT2D eigenvalue weighted by molar-refractivity contribution is 5.64. The Balaban J connectivity index is 2.51. The van der Waals surface area contributed by atoms with Crippen LogP contribution in [0.1, 0.15) is 11.3 Å². The molecule has 72 valence electrons. The zero-order chi connectivity index (χ0) is 10.4. The van der Waals surface area contributed by atoms with Crippen molar-refractivity contribution in [3.63, 3.8) is 0 Å². The third-order valence-corrected chi connectivity index (χ3v) is 1.47. The monoisotopic (exact) mass is 190 g/mol. The molecule has 0 aliphatic heterocycles. The maximum absolute atomic E-state index is 10.1. The quantitative estimate of drug-likeness (QED) is 0.649. The molecule has 1 heterocycles. The average Bonchev–Trinajstić information content (AvgIpc) is 2.15. The van der Waals surface area contributed by atoms with Crippen LogP contribution in [0.25, 0.3) is 0 Å². The van der Waals surface area contributed by atoms with E-state index in [1.807, 2.05) is 19.1 Å². The second-order valence-electron chi connectivity index (χ2n) is 2.65. The van der Waals surface area contributed by atoms with Gasteiger partial charge in [-0.25, -0.2) is 4.79 Å². The molecule has 0 saturated heterocycles. The van der Waals surface area contributed by atoms with Gasteiger partial charge in [0.1, 0.15) is 0 Å². The van der Waals surface area contributed by atoms with Crippen LogP contribution in [0.4, 0.5) is 4.79 Å². The van der Waals surface area contributed by atoms with Gasteiger partial charge in [0.05, 0.1) is 6.54 Å². The first kappa shape index (κ1) is 10.1. The van der Waals surface area contributed by atoms with Gasteiger partial charge in [0.15, 0.2) is 0 Å². The number of carboxylic acid groups (broad SMARTS) is 1. The van der Waals surface area contributed by atoms with E-state index in [0.717, 1.165) is 11.3 Å². The predicted octanol–water partition coefficient (Wildman–Crippen LogP) is 1.01. The summed E-state index contributed by atoms with van der Waals surface area (Å²) < 4.78 is 0. The van der Waals surface area contributed by atoms with E-state index < -0.39 is 6.09 Å². The van der Waals surface area contributed by atoms with Crippen LogP contribution in [0, 0.1) is 18.8 Å². The van der Waals surface area contributed by atoms with Crippen molar-refractivity contribution >= 4 is 6.09 Å². The van der Waals surface area contributed by atoms with Gasteiger partial charge in [0.25, 0.3) is 0 Å². The van der Waals surface area contributed by atoms with Crippen LogP contribution < -0.4 is 5.32 Å². The Labute approximate surface area is 82.0 Å². The summed E-state index contributed by atoms with van der Waals surface area (Å²) in [7, 11) is 0. The third kappa shape index (κ3) is 3.59. The lowest BCUT2D eigenvalue weighted by atomic mass is 10.2. The van der Waals surface area contributed by atoms with Gasteiger partial charge in [-0.1, -0.05) is 11.8 Å². The second-order valence-corrected chi connectivity index (χ2v) is 2.65. The largest absolute Gasteiger partial charge is 0.465 e. The van der Waals surface area contributed by atoms with Gasteiger partial charge in [-0.2, -0.15) is 0 Å². The molecule has 0 spiro atoms. The molecule has 2 N–H and O–H groups in total. The first-order chi connectivity index (χ1) is 6.68. The number of rotatable bonds is 1. The molecule has 0 unspecified atom stereocenters. The first-order valence-electron chi connectivity index (χ1n) is 4.07. The van der Waals surface area contributed by atoms with E-state index in [4.69, 9.17) is 5.11 Å². The molecule has 0 fully saturated rings. The van der Waals surface area contributed by atoms with E-state index in [2.05, 4.69) is 22.1 Å². The SMILES string of the molecule is Cc1ccc(C#CCNC(=O)O)cn1. The van der Waals surface area contributed by atoms with E-state index in [1.165, 1.54) is 0 Å². The van der Waals surface area contributed by atoms with E-state index in [1.54, 1.807) is 6.20 Å². The molecule has 0 atom stereocenters. The molecule has 1 aromatic rings. The van der Waals surface area contributed by atoms with Crippen LogP contribution in [0.3, 0.4) is 0 Å². The van der Waals surface area contributed by atoms with Crippen molar-refractivity contribution in [1.29, 1.82) is 0 Å². The lowest BCUT2D eigenvalue weighted by Crippen LogP contribution is -2.20. The fourth-order valence-electron chi connectivity index (χ4n) is 0.808. The minimum absolute atomic E-state index is 0.128. The summed E-state index contributed by atoms with van der Waals surface area (Å²) in [6, 6.07) is 3.70. The molecular weight excluding hydrogens is 180 g/mol. The maximum Gasteiger partial charge on any atom is 0.405 e. The topological polar surface area (TPSA) is 62.2 Å². The van der Waals surface area contributed by atoms with Gasteiger partial charge in [-0.05, 0) is 19.1 Å². The summed E-state index contributed by atoms with van der Waals surface area (Å²) >= 11 is 0. The van der Waals surface area contributed by atoms with Gasteiger partial charge in [-0.3, -0.25) is 4.98 Å². The van der Waals surface area contributed by atoms with Crippen molar-refractivity contribution < 1.29 is 9.90 Å². The van der Waals surface area contributed by atoms with Gasteiger partial charge in [0.2, 0.25) is 0 Å². The lowest BCUT2D eigenvalue weighted by molar-refractivity contribution is 0.196. The van der Waals surface area contributed by atoms with Crippen molar-refractivity contribution in [3.05, 3.63) is 29.6 Å². The molecule has 4 nitrogen and oxygen atoms in total. The standard InChI is InChI=1S/C10H10N2O2/c1-8-4-5-9(7-12-8)3-2-6-11-10(13)14/h4-5,7,11H,6H2,1H3,(H,13,14). The number of hydrogen-bond donors (Lipinski definition) is 2. The molecule has 0 aliphatic carbocycles. The molecule has 0 radical (unpaired) electrons. The Kier molecular flexibility index (Phi) is 3.50. The lowest BCUT2D eigenvalue weighted by Gasteiger charge is -1.91. The Morgan fingerprint density at radius 3 is 3.00 bits per heavy atom. The molecule has 1 aromatic heterocycles. The smallest absolute Gasteiger partial charge is 0.405 e. The van der Waals surface area contributed by atoms with Crippen molar-refractivity contribution in [2.75, 3.05) is 6.54 Å². The third-order valence-electron chi connectivity index (χ3n) is 1.47. The number of aryl methyl sites for hydroxylation is 1. The number of nitrogens with zero attached hydrogens (tertiary/aromatic N) is 1. The van der Waals surface area contributed by atoms with Crippen LogP contribution in [-0.4, -0.2) is 22.7 Å². The van der Waals surface area contributed by atoms with Crippen molar-refractivity contribution in [2.45, 2.75) is 6.92 Å². The minimum atomic E-state index is -1.07. The van der Waals surface area contributed by atoms with Gasteiger partial charge < -0.3 is 10.4 Å². The molecule has 1 amide bonds. The Morgan fingerprint density at radius 1 is 1.64 bits per heavy atom. The number of aromatic nitrogens is 1. The Morgan fingerprint density at radius 2 is 2.43 bits per heavy atom. The number of amides is 1. The Bertz CT molecular complexity index is 373. The van der Waals surface area contributed by atoms with Crippen molar-refractivity contribution in [3.8, 4) is 11.8 Å². The molecule has 0 aliphatic rings. The number of hydrogen-bond acceptors (Lipinski definition) is 2. The van der Waals surface area contributed by atoms with Gasteiger partial charge in [-0.15, -0.1) is 0 Å². The number of pyridine rings is 1. The summed E-state index contributed by atoms with van der Waals surface area (Å²) in [5, 5.41) is 10.4. The molecule has 1 rings (SSSR count). The summed E-state index contributed by atoms with van der Waals surface area (Å²) in [4.78, 5) is 14.1. The van der Waals surface area contributed by atoms with Crippen LogP contribution in [0.5, 0.6) is 0 Å². The number of nitrogens with one attached hydrogen (secondary N) is 1. The Hall–Kier alpha value is -2.02. The molecule has 4 heteroatoms. The highest BCUT2D eigenvalue weighted by Crippen LogP contribution is 1.95. The summed E-state index contributed by atoms with van der Waals surface area (Å²) in [5.41, 5.74) is 1.71. The van der Waals surface area contributed by atoms with E-state index in [9.17, 15) is 4.79 Å². The summed E-state index contributed by atoms with van der Waals surface area (Å²) in [6.45, 7) is 2.02. The van der Waals surface area contributed by atoms with E-state index in [0.29, 0.717) is 0 Å². The fraction of sp³-hybridized carbons (Fsp3) is 0.200. The first-order valence-corrected chi connectivity index (χ1v) is 4.07. The zero-order valence-corrected chi connectivity index (χ0v) is 7.74. The highest BCUT2D eigenvalue weighted by Gasteiger charge is 1.88. The zero-order valence-electron chi connectivity index (χ0n) is 7.74. The molecular formula is C10H10N2O2. The summed E-state index contributed by atoms with van der Waals surface area (Å²) in [5.74, 6) is 5.46. The average molecular weight is 190 g/mol. The fourth-order valence-corrected chi connectivity index (χ4v) is 0.808. The van der Waals surface area contributed by atoms with Gasteiger partial charge >= 0.3 is 6.09 Å².